The van der Waals surface area contributed by atoms with Crippen LogP contribution in [0.3, 0.4) is 0 Å². The topological polar surface area (TPSA) is 82.3 Å². The fraction of sp³-hybridized carbons (Fsp3) is 0.0625. The monoisotopic (exact) mass is 314 g/mol. The Labute approximate surface area is 128 Å². The predicted molar refractivity (Wildman–Crippen MR) is 85.1 cm³/mol. The van der Waals surface area contributed by atoms with E-state index in [9.17, 15) is 8.42 Å². The maximum absolute atomic E-state index is 12.4. The zero-order valence-electron chi connectivity index (χ0n) is 11.9. The van der Waals surface area contributed by atoms with Crippen molar-refractivity contribution >= 4 is 26.8 Å². The summed E-state index contributed by atoms with van der Waals surface area (Å²) in [5, 5.41) is 0.755. The third-order valence-corrected chi connectivity index (χ3v) is 4.46. The van der Waals surface area contributed by atoms with Crippen molar-refractivity contribution < 1.29 is 12.6 Å². The number of nitrogen functional groups attached to an aromatic ring is 1. The fourth-order valence-electron chi connectivity index (χ4n) is 2.07. The summed E-state index contributed by atoms with van der Waals surface area (Å²) in [5.41, 5.74) is 7.05. The highest BCUT2D eigenvalue weighted by atomic mass is 32.2. The van der Waals surface area contributed by atoms with Gasteiger partial charge in [-0.25, -0.2) is 4.98 Å². The van der Waals surface area contributed by atoms with Crippen LogP contribution in [0, 0.1) is 6.92 Å². The summed E-state index contributed by atoms with van der Waals surface area (Å²) in [7, 11) is -3.92. The first-order chi connectivity index (χ1) is 10.5. The first kappa shape index (κ1) is 14.3. The summed E-state index contributed by atoms with van der Waals surface area (Å²) in [6.45, 7) is 1.88. The van der Waals surface area contributed by atoms with Gasteiger partial charge in [-0.05, 0) is 37.3 Å². The van der Waals surface area contributed by atoms with Gasteiger partial charge in [0.25, 0.3) is 0 Å². The maximum Gasteiger partial charge on any atom is 0.339 e. The summed E-state index contributed by atoms with van der Waals surface area (Å²) in [4.78, 5) is 4.25. The SMILES string of the molecule is Cc1ccc(S(=O)(=O)Oc2cccc3ccc(N)nc23)cc1. The Balaban J connectivity index is 2.06. The number of aromatic nitrogens is 1. The van der Waals surface area contributed by atoms with Gasteiger partial charge in [-0.2, -0.15) is 8.42 Å². The zero-order chi connectivity index (χ0) is 15.7. The summed E-state index contributed by atoms with van der Waals surface area (Å²) in [6.07, 6.45) is 0. The highest BCUT2D eigenvalue weighted by Gasteiger charge is 2.18. The molecule has 0 aliphatic carbocycles. The van der Waals surface area contributed by atoms with Crippen LogP contribution >= 0.6 is 0 Å². The molecule has 0 atom stereocenters. The molecular formula is C16H14N2O3S. The van der Waals surface area contributed by atoms with Crippen molar-refractivity contribution in [2.75, 3.05) is 5.73 Å². The van der Waals surface area contributed by atoms with E-state index in [1.165, 1.54) is 12.1 Å². The van der Waals surface area contributed by atoms with Crippen LogP contribution in [-0.2, 0) is 10.1 Å². The van der Waals surface area contributed by atoms with Crippen molar-refractivity contribution in [2.24, 2.45) is 0 Å². The van der Waals surface area contributed by atoms with Gasteiger partial charge in [0.1, 0.15) is 16.2 Å². The van der Waals surface area contributed by atoms with Gasteiger partial charge >= 0.3 is 10.1 Å². The molecule has 0 saturated carbocycles. The second kappa shape index (κ2) is 5.31. The second-order valence-corrected chi connectivity index (χ2v) is 6.46. The summed E-state index contributed by atoms with van der Waals surface area (Å²) < 4.78 is 30.0. The smallest absolute Gasteiger partial charge is 0.339 e. The molecule has 6 heteroatoms. The molecule has 2 aromatic carbocycles. The fourth-order valence-corrected chi connectivity index (χ4v) is 3.01. The lowest BCUT2D eigenvalue weighted by Crippen LogP contribution is -2.10. The highest BCUT2D eigenvalue weighted by Crippen LogP contribution is 2.27. The molecule has 3 rings (SSSR count). The van der Waals surface area contributed by atoms with Crippen LogP contribution in [0.2, 0.25) is 0 Å². The average Bonchev–Trinajstić information content (AvgIpc) is 2.48. The molecule has 0 aliphatic rings. The second-order valence-electron chi connectivity index (χ2n) is 4.91. The summed E-state index contributed by atoms with van der Waals surface area (Å²) in [6, 6.07) is 15.0. The van der Waals surface area contributed by atoms with Crippen molar-refractivity contribution in [3.8, 4) is 5.75 Å². The number of hydrogen-bond acceptors (Lipinski definition) is 5. The molecule has 0 aliphatic heterocycles. The number of rotatable bonds is 3. The van der Waals surface area contributed by atoms with E-state index in [0.717, 1.165) is 10.9 Å². The Kier molecular flexibility index (Phi) is 3.46. The van der Waals surface area contributed by atoms with Gasteiger partial charge in [-0.3, -0.25) is 0 Å². The Morgan fingerprint density at radius 2 is 1.73 bits per heavy atom. The normalized spacial score (nSPS) is 11.5. The van der Waals surface area contributed by atoms with Crippen molar-refractivity contribution in [3.05, 3.63) is 60.2 Å². The minimum Gasteiger partial charge on any atom is -0.384 e. The van der Waals surface area contributed by atoms with E-state index in [1.807, 2.05) is 13.0 Å². The Morgan fingerprint density at radius 3 is 2.45 bits per heavy atom. The van der Waals surface area contributed by atoms with E-state index in [4.69, 9.17) is 9.92 Å². The van der Waals surface area contributed by atoms with Gasteiger partial charge in [0.05, 0.1) is 0 Å². The number of anilines is 1. The van der Waals surface area contributed by atoms with Gasteiger partial charge in [0.2, 0.25) is 0 Å². The molecule has 22 heavy (non-hydrogen) atoms. The lowest BCUT2D eigenvalue weighted by Gasteiger charge is -2.09. The van der Waals surface area contributed by atoms with Gasteiger partial charge in [0, 0.05) is 5.39 Å². The van der Waals surface area contributed by atoms with E-state index < -0.39 is 10.1 Å². The number of fused-ring (bicyclic) bond motifs is 1. The van der Waals surface area contributed by atoms with Crippen molar-refractivity contribution in [1.82, 2.24) is 4.98 Å². The average molecular weight is 314 g/mol. The van der Waals surface area contributed by atoms with Crippen LogP contribution in [0.15, 0.2) is 59.5 Å². The predicted octanol–water partition coefficient (Wildman–Crippen LogP) is 2.89. The molecule has 0 radical (unpaired) electrons. The van der Waals surface area contributed by atoms with E-state index in [0.29, 0.717) is 11.3 Å². The third-order valence-electron chi connectivity index (χ3n) is 3.21. The standard InChI is InChI=1S/C16H14N2O3S/c1-11-5-8-13(9-6-11)22(19,20)21-14-4-2-3-12-7-10-15(17)18-16(12)14/h2-10H,1H3,(H2,17,18). The maximum atomic E-state index is 12.4. The number of pyridine rings is 1. The number of benzene rings is 2. The third kappa shape index (κ3) is 2.73. The van der Waals surface area contributed by atoms with Gasteiger partial charge in [0.15, 0.2) is 5.75 Å². The van der Waals surface area contributed by atoms with Crippen LogP contribution in [0.1, 0.15) is 5.56 Å². The molecule has 0 spiro atoms. The van der Waals surface area contributed by atoms with E-state index >= 15 is 0 Å². The van der Waals surface area contributed by atoms with Crippen LogP contribution < -0.4 is 9.92 Å². The first-order valence-electron chi connectivity index (χ1n) is 6.62. The van der Waals surface area contributed by atoms with Crippen molar-refractivity contribution in [2.45, 2.75) is 11.8 Å². The lowest BCUT2D eigenvalue weighted by atomic mass is 10.2. The number of hydrogen-bond donors (Lipinski definition) is 1. The Morgan fingerprint density at radius 1 is 1.00 bits per heavy atom. The largest absolute Gasteiger partial charge is 0.384 e. The number of para-hydroxylation sites is 1. The van der Waals surface area contributed by atoms with Crippen LogP contribution in [0.4, 0.5) is 5.82 Å². The number of nitrogens with zero attached hydrogens (tertiary/aromatic N) is 1. The lowest BCUT2D eigenvalue weighted by molar-refractivity contribution is 0.488. The van der Waals surface area contributed by atoms with Crippen LogP contribution in [0.25, 0.3) is 10.9 Å². The highest BCUT2D eigenvalue weighted by molar-refractivity contribution is 7.87. The molecule has 0 amide bonds. The quantitative estimate of drug-likeness (QED) is 0.752. The van der Waals surface area contributed by atoms with E-state index in [-0.39, 0.29) is 10.6 Å². The molecule has 3 aromatic rings. The number of aryl methyl sites for hydroxylation is 1. The van der Waals surface area contributed by atoms with E-state index in [2.05, 4.69) is 4.98 Å². The van der Waals surface area contributed by atoms with Crippen LogP contribution in [-0.4, -0.2) is 13.4 Å². The van der Waals surface area contributed by atoms with Crippen molar-refractivity contribution in [3.63, 3.8) is 0 Å². The minimum absolute atomic E-state index is 0.0963. The zero-order valence-corrected chi connectivity index (χ0v) is 12.7. The molecule has 112 valence electrons. The molecule has 1 heterocycles. The Hall–Kier alpha value is -2.60. The molecule has 2 N–H and O–H groups in total. The Bertz CT molecular complexity index is 935. The minimum atomic E-state index is -3.92. The molecule has 0 fully saturated rings. The first-order valence-corrected chi connectivity index (χ1v) is 8.03. The molecular weight excluding hydrogens is 300 g/mol. The summed E-state index contributed by atoms with van der Waals surface area (Å²) in [5.74, 6) is 0.460. The van der Waals surface area contributed by atoms with Gasteiger partial charge in [-0.15, -0.1) is 0 Å². The molecule has 0 saturated heterocycles. The molecule has 0 unspecified atom stereocenters. The molecule has 1 aromatic heterocycles. The van der Waals surface area contributed by atoms with Gasteiger partial charge in [-0.1, -0.05) is 29.8 Å². The van der Waals surface area contributed by atoms with Crippen molar-refractivity contribution in [1.29, 1.82) is 0 Å². The van der Waals surface area contributed by atoms with E-state index in [1.54, 1.807) is 36.4 Å². The molecule has 0 bridgehead atoms. The van der Waals surface area contributed by atoms with Gasteiger partial charge < -0.3 is 9.92 Å². The summed E-state index contributed by atoms with van der Waals surface area (Å²) >= 11 is 0. The molecule has 5 nitrogen and oxygen atoms in total. The van der Waals surface area contributed by atoms with Crippen LogP contribution in [0.5, 0.6) is 5.75 Å². The number of nitrogens with two attached hydrogens (primary N) is 1.